The van der Waals surface area contributed by atoms with Gasteiger partial charge in [0.2, 0.25) is 5.91 Å². The minimum atomic E-state index is -0.221. The van der Waals surface area contributed by atoms with Crippen molar-refractivity contribution in [2.24, 2.45) is 0 Å². The number of aryl methyl sites for hydroxylation is 2. The van der Waals surface area contributed by atoms with Gasteiger partial charge < -0.3 is 4.90 Å². The van der Waals surface area contributed by atoms with E-state index < -0.39 is 0 Å². The van der Waals surface area contributed by atoms with Gasteiger partial charge in [-0.05, 0) is 55.9 Å². The van der Waals surface area contributed by atoms with Gasteiger partial charge in [-0.25, -0.2) is 0 Å². The van der Waals surface area contributed by atoms with Crippen LogP contribution < -0.4 is 0 Å². The highest BCUT2D eigenvalue weighted by molar-refractivity contribution is 8.00. The van der Waals surface area contributed by atoms with Crippen LogP contribution in [0.1, 0.15) is 44.7 Å². The first kappa shape index (κ1) is 21.6. The molecule has 1 atom stereocenters. The third-order valence-corrected chi connectivity index (χ3v) is 6.82. The number of hydrogen-bond donors (Lipinski definition) is 0. The minimum absolute atomic E-state index is 0.180. The van der Waals surface area contributed by atoms with Crippen molar-refractivity contribution in [2.45, 2.75) is 56.9 Å². The van der Waals surface area contributed by atoms with Crippen LogP contribution in [0.4, 0.5) is 0 Å². The number of thioether (sulfide) groups is 1. The Balaban J connectivity index is 1.81. The average molecular weight is 436 g/mol. The number of hydrogen-bond acceptors (Lipinski definition) is 5. The van der Waals surface area contributed by atoms with Crippen LogP contribution >= 0.6 is 11.8 Å². The van der Waals surface area contributed by atoms with Gasteiger partial charge in [0.15, 0.2) is 11.0 Å². The molecule has 1 aromatic carbocycles. The van der Waals surface area contributed by atoms with Gasteiger partial charge in [-0.2, -0.15) is 0 Å². The molecular weight excluding hydrogens is 406 g/mol. The first-order valence-corrected chi connectivity index (χ1v) is 11.9. The predicted octanol–water partition coefficient (Wildman–Crippen LogP) is 4.56. The SMILES string of the molecule is CCc1cccc(CC)c1-n1c(SC(C)C(=O)N2CCCC2)nnc1-c1cccnc1. The van der Waals surface area contributed by atoms with Gasteiger partial charge in [-0.3, -0.25) is 14.3 Å². The van der Waals surface area contributed by atoms with Crippen LogP contribution in [0.3, 0.4) is 0 Å². The Kier molecular flexibility index (Phi) is 6.70. The maximum atomic E-state index is 13.0. The third-order valence-electron chi connectivity index (χ3n) is 5.79. The van der Waals surface area contributed by atoms with Crippen molar-refractivity contribution >= 4 is 17.7 Å². The molecule has 1 fully saturated rings. The summed E-state index contributed by atoms with van der Waals surface area (Å²) in [4.78, 5) is 19.2. The van der Waals surface area contributed by atoms with E-state index in [1.165, 1.54) is 22.9 Å². The summed E-state index contributed by atoms with van der Waals surface area (Å²) >= 11 is 1.49. The number of carbonyl (C=O) groups excluding carboxylic acids is 1. The predicted molar refractivity (Wildman–Crippen MR) is 124 cm³/mol. The summed E-state index contributed by atoms with van der Waals surface area (Å²) in [7, 11) is 0. The zero-order valence-electron chi connectivity index (χ0n) is 18.4. The normalized spacial score (nSPS) is 14.7. The Bertz CT molecular complexity index is 1020. The molecule has 3 heterocycles. The molecule has 162 valence electrons. The second-order valence-electron chi connectivity index (χ2n) is 7.81. The van der Waals surface area contributed by atoms with Gasteiger partial charge in [0, 0.05) is 31.0 Å². The van der Waals surface area contributed by atoms with Crippen molar-refractivity contribution in [3.63, 3.8) is 0 Å². The van der Waals surface area contributed by atoms with Crippen LogP contribution in [0, 0.1) is 0 Å². The van der Waals surface area contributed by atoms with Crippen molar-refractivity contribution in [3.05, 3.63) is 53.9 Å². The van der Waals surface area contributed by atoms with E-state index in [2.05, 4.69) is 51.8 Å². The molecule has 1 unspecified atom stereocenters. The molecule has 4 rings (SSSR count). The van der Waals surface area contributed by atoms with E-state index in [-0.39, 0.29) is 11.2 Å². The van der Waals surface area contributed by atoms with Crippen LogP contribution in [0.2, 0.25) is 0 Å². The lowest BCUT2D eigenvalue weighted by Crippen LogP contribution is -2.34. The van der Waals surface area contributed by atoms with Crippen molar-refractivity contribution in [2.75, 3.05) is 13.1 Å². The molecule has 0 radical (unpaired) electrons. The Morgan fingerprint density at radius 3 is 2.39 bits per heavy atom. The first-order valence-electron chi connectivity index (χ1n) is 11.1. The fraction of sp³-hybridized carbons (Fsp3) is 0.417. The van der Waals surface area contributed by atoms with E-state index in [4.69, 9.17) is 0 Å². The summed E-state index contributed by atoms with van der Waals surface area (Å²) < 4.78 is 2.13. The zero-order valence-corrected chi connectivity index (χ0v) is 19.2. The molecule has 2 aromatic heterocycles. The maximum absolute atomic E-state index is 13.0. The van der Waals surface area contributed by atoms with Gasteiger partial charge in [0.25, 0.3) is 0 Å². The van der Waals surface area contributed by atoms with Crippen molar-refractivity contribution in [1.82, 2.24) is 24.6 Å². The molecule has 0 saturated carbocycles. The molecule has 0 aliphatic carbocycles. The van der Waals surface area contributed by atoms with E-state index >= 15 is 0 Å². The highest BCUT2D eigenvalue weighted by atomic mass is 32.2. The smallest absolute Gasteiger partial charge is 0.235 e. The lowest BCUT2D eigenvalue weighted by atomic mass is 10.0. The van der Waals surface area contributed by atoms with Crippen LogP contribution in [-0.4, -0.2) is 48.9 Å². The Morgan fingerprint density at radius 1 is 1.06 bits per heavy atom. The number of aromatic nitrogens is 4. The Morgan fingerprint density at radius 2 is 1.77 bits per heavy atom. The van der Waals surface area contributed by atoms with Crippen LogP contribution in [0.15, 0.2) is 47.9 Å². The minimum Gasteiger partial charge on any atom is -0.342 e. The van der Waals surface area contributed by atoms with Gasteiger partial charge in [0.05, 0.1) is 10.9 Å². The van der Waals surface area contributed by atoms with Gasteiger partial charge >= 0.3 is 0 Å². The fourth-order valence-electron chi connectivity index (χ4n) is 4.14. The summed E-state index contributed by atoms with van der Waals surface area (Å²) in [6, 6.07) is 10.3. The van der Waals surface area contributed by atoms with E-state index in [1.54, 1.807) is 6.20 Å². The number of rotatable bonds is 7. The highest BCUT2D eigenvalue weighted by Gasteiger charge is 2.27. The molecule has 31 heavy (non-hydrogen) atoms. The molecular formula is C24H29N5OS. The average Bonchev–Trinajstić information content (AvgIpc) is 3.49. The number of pyridine rings is 1. The van der Waals surface area contributed by atoms with E-state index in [0.717, 1.165) is 61.0 Å². The van der Waals surface area contributed by atoms with Gasteiger partial charge in [0.1, 0.15) is 0 Å². The van der Waals surface area contributed by atoms with Gasteiger partial charge in [-0.1, -0.05) is 43.8 Å². The number of likely N-dealkylation sites (tertiary alicyclic amines) is 1. The molecule has 1 aliphatic heterocycles. The van der Waals surface area contributed by atoms with Crippen LogP contribution in [0.25, 0.3) is 17.1 Å². The van der Waals surface area contributed by atoms with Gasteiger partial charge in [-0.15, -0.1) is 10.2 Å². The molecule has 0 spiro atoms. The number of carbonyl (C=O) groups is 1. The van der Waals surface area contributed by atoms with E-state index in [1.807, 2.05) is 30.2 Å². The molecule has 0 N–H and O–H groups in total. The lowest BCUT2D eigenvalue weighted by Gasteiger charge is -2.21. The van der Waals surface area contributed by atoms with Crippen molar-refractivity contribution in [3.8, 4) is 17.1 Å². The Labute approximate surface area is 188 Å². The number of amides is 1. The van der Waals surface area contributed by atoms with E-state index in [0.29, 0.717) is 0 Å². The second kappa shape index (κ2) is 9.64. The monoisotopic (exact) mass is 435 g/mol. The summed E-state index contributed by atoms with van der Waals surface area (Å²) in [6.45, 7) is 8.02. The molecule has 6 nitrogen and oxygen atoms in total. The number of benzene rings is 1. The standard InChI is InChI=1S/C24H29N5OS/c1-4-18-10-8-11-19(5-2)21(18)29-22(20-12-9-13-25-16-20)26-27-24(29)31-17(3)23(30)28-14-6-7-15-28/h8-13,16-17H,4-7,14-15H2,1-3H3. The fourth-order valence-corrected chi connectivity index (χ4v) is 5.07. The summed E-state index contributed by atoms with van der Waals surface area (Å²) in [5.41, 5.74) is 4.52. The maximum Gasteiger partial charge on any atom is 0.235 e. The molecule has 1 aliphatic rings. The highest BCUT2D eigenvalue weighted by Crippen LogP contribution is 2.34. The first-order chi connectivity index (χ1) is 15.1. The second-order valence-corrected chi connectivity index (χ2v) is 9.12. The molecule has 7 heteroatoms. The molecule has 3 aromatic rings. The third kappa shape index (κ3) is 4.37. The van der Waals surface area contributed by atoms with Crippen molar-refractivity contribution < 1.29 is 4.79 Å². The summed E-state index contributed by atoms with van der Waals surface area (Å²) in [5, 5.41) is 9.62. The molecule has 1 saturated heterocycles. The molecule has 0 bridgehead atoms. The van der Waals surface area contributed by atoms with Crippen LogP contribution in [-0.2, 0) is 17.6 Å². The summed E-state index contributed by atoms with van der Waals surface area (Å²) in [5.74, 6) is 0.937. The number of para-hydroxylation sites is 1. The summed E-state index contributed by atoms with van der Waals surface area (Å²) in [6.07, 6.45) is 7.56. The quantitative estimate of drug-likeness (QED) is 0.509. The Hall–Kier alpha value is -2.67. The lowest BCUT2D eigenvalue weighted by molar-refractivity contribution is -0.129. The largest absolute Gasteiger partial charge is 0.342 e. The topological polar surface area (TPSA) is 63.9 Å². The van der Waals surface area contributed by atoms with Crippen LogP contribution in [0.5, 0.6) is 0 Å². The van der Waals surface area contributed by atoms with E-state index in [9.17, 15) is 4.79 Å². The van der Waals surface area contributed by atoms with Crippen molar-refractivity contribution in [1.29, 1.82) is 0 Å². The molecule has 1 amide bonds. The zero-order chi connectivity index (χ0) is 21.8. The number of nitrogens with zero attached hydrogens (tertiary/aromatic N) is 5.